The van der Waals surface area contributed by atoms with Gasteiger partial charge in [0.2, 0.25) is 0 Å². The summed E-state index contributed by atoms with van der Waals surface area (Å²) in [5.41, 5.74) is 2.98. The first-order valence-corrected chi connectivity index (χ1v) is 9.45. The van der Waals surface area contributed by atoms with Gasteiger partial charge in [-0.15, -0.1) is 0 Å². The molecule has 0 fully saturated rings. The average Bonchev–Trinajstić information content (AvgIpc) is 2.73. The maximum Gasteiger partial charge on any atom is 0.310 e. The van der Waals surface area contributed by atoms with Crippen LogP contribution >= 0.6 is 0 Å². The van der Waals surface area contributed by atoms with Gasteiger partial charge in [-0.25, -0.2) is 0 Å². The van der Waals surface area contributed by atoms with Crippen molar-refractivity contribution in [2.75, 3.05) is 13.7 Å². The molecule has 3 nitrogen and oxygen atoms in total. The summed E-state index contributed by atoms with van der Waals surface area (Å²) in [6.45, 7) is 2.20. The quantitative estimate of drug-likeness (QED) is 0.418. The van der Waals surface area contributed by atoms with Crippen LogP contribution in [0.25, 0.3) is 32.7 Å². The van der Waals surface area contributed by atoms with Gasteiger partial charge in [-0.2, -0.15) is 0 Å². The summed E-state index contributed by atoms with van der Waals surface area (Å²) >= 11 is 0. The van der Waals surface area contributed by atoms with Crippen LogP contribution in [0.1, 0.15) is 12.5 Å². The molecule has 0 aliphatic carbocycles. The molecule has 0 aromatic heterocycles. The number of rotatable bonds is 5. The number of hydrogen-bond donors (Lipinski definition) is 0. The minimum atomic E-state index is -0.224. The van der Waals surface area contributed by atoms with Crippen molar-refractivity contribution < 1.29 is 14.3 Å². The lowest BCUT2D eigenvalue weighted by atomic mass is 9.88. The van der Waals surface area contributed by atoms with Gasteiger partial charge in [-0.3, -0.25) is 4.79 Å². The Hall–Kier alpha value is -3.33. The topological polar surface area (TPSA) is 35.5 Å². The molecule has 0 N–H and O–H groups in total. The molecule has 0 aliphatic rings. The van der Waals surface area contributed by atoms with Crippen LogP contribution in [-0.4, -0.2) is 19.7 Å². The molecule has 0 heterocycles. The van der Waals surface area contributed by atoms with E-state index in [1.165, 1.54) is 0 Å². The summed E-state index contributed by atoms with van der Waals surface area (Å²) in [6, 6.07) is 24.6. The Morgan fingerprint density at radius 1 is 0.786 bits per heavy atom. The zero-order valence-electron chi connectivity index (χ0n) is 16.1. The second-order valence-corrected chi connectivity index (χ2v) is 6.67. The second-order valence-electron chi connectivity index (χ2n) is 6.67. The molecule has 0 bridgehead atoms. The highest BCUT2D eigenvalue weighted by molar-refractivity contribution is 6.09. The van der Waals surface area contributed by atoms with Crippen molar-refractivity contribution in [3.63, 3.8) is 0 Å². The van der Waals surface area contributed by atoms with Gasteiger partial charge in [0.15, 0.2) is 0 Å². The van der Waals surface area contributed by atoms with Gasteiger partial charge in [0, 0.05) is 5.56 Å². The number of fused-ring (bicyclic) bond motifs is 2. The number of esters is 1. The number of methoxy groups -OCH3 is 1. The van der Waals surface area contributed by atoms with Gasteiger partial charge in [-0.05, 0) is 45.7 Å². The molecule has 0 unspecified atom stereocenters. The molecule has 4 rings (SSSR count). The second kappa shape index (κ2) is 7.73. The van der Waals surface area contributed by atoms with E-state index >= 15 is 0 Å². The Bertz CT molecular complexity index is 1160. The molecule has 3 heteroatoms. The van der Waals surface area contributed by atoms with E-state index in [2.05, 4.69) is 36.4 Å². The highest BCUT2D eigenvalue weighted by Gasteiger charge is 2.19. The van der Waals surface area contributed by atoms with Crippen LogP contribution in [0.5, 0.6) is 5.75 Å². The van der Waals surface area contributed by atoms with Crippen LogP contribution in [0, 0.1) is 0 Å². The third-order valence-corrected chi connectivity index (χ3v) is 5.02. The fraction of sp³-hybridized carbons (Fsp3) is 0.160. The van der Waals surface area contributed by atoms with Crippen molar-refractivity contribution >= 4 is 27.5 Å². The van der Waals surface area contributed by atoms with Gasteiger partial charge >= 0.3 is 5.97 Å². The minimum Gasteiger partial charge on any atom is -0.496 e. The zero-order valence-corrected chi connectivity index (χ0v) is 16.1. The first-order chi connectivity index (χ1) is 13.7. The van der Waals surface area contributed by atoms with E-state index in [-0.39, 0.29) is 12.4 Å². The normalized spacial score (nSPS) is 10.9. The van der Waals surface area contributed by atoms with E-state index in [0.29, 0.717) is 6.61 Å². The number of benzene rings is 4. The van der Waals surface area contributed by atoms with Crippen LogP contribution in [0.4, 0.5) is 0 Å². The maximum atomic E-state index is 12.3. The van der Waals surface area contributed by atoms with Gasteiger partial charge in [0.1, 0.15) is 5.75 Å². The van der Waals surface area contributed by atoms with Gasteiger partial charge in [0.05, 0.1) is 20.1 Å². The lowest BCUT2D eigenvalue weighted by Gasteiger charge is -2.18. The van der Waals surface area contributed by atoms with Crippen LogP contribution in [0.3, 0.4) is 0 Å². The van der Waals surface area contributed by atoms with Gasteiger partial charge in [0.25, 0.3) is 0 Å². The Morgan fingerprint density at radius 3 is 2.04 bits per heavy atom. The van der Waals surface area contributed by atoms with Gasteiger partial charge in [-0.1, -0.05) is 66.7 Å². The van der Waals surface area contributed by atoms with E-state index in [4.69, 9.17) is 9.47 Å². The lowest BCUT2D eigenvalue weighted by Crippen LogP contribution is -2.09. The van der Waals surface area contributed by atoms with Crippen molar-refractivity contribution in [1.29, 1.82) is 0 Å². The Balaban J connectivity index is 2.07. The van der Waals surface area contributed by atoms with Crippen molar-refractivity contribution in [2.45, 2.75) is 13.3 Å². The first kappa shape index (κ1) is 18.1. The predicted octanol–water partition coefficient (Wildman–Crippen LogP) is 5.77. The smallest absolute Gasteiger partial charge is 0.310 e. The highest BCUT2D eigenvalue weighted by Crippen LogP contribution is 2.42. The third-order valence-electron chi connectivity index (χ3n) is 5.02. The summed E-state index contributed by atoms with van der Waals surface area (Å²) in [4.78, 5) is 12.3. The fourth-order valence-electron chi connectivity index (χ4n) is 3.81. The molecule has 0 aliphatic heterocycles. The number of ether oxygens (including phenoxy) is 2. The van der Waals surface area contributed by atoms with Crippen LogP contribution in [0.15, 0.2) is 72.8 Å². The summed E-state index contributed by atoms with van der Waals surface area (Å²) in [5.74, 6) is 0.568. The SMILES string of the molecule is CCOC(=O)Cc1ccc2ccccc2c1-c1c(OC)ccc2ccccc12. The molecule has 0 spiro atoms. The maximum absolute atomic E-state index is 12.3. The van der Waals surface area contributed by atoms with Crippen LogP contribution in [0.2, 0.25) is 0 Å². The van der Waals surface area contributed by atoms with E-state index in [0.717, 1.165) is 44.0 Å². The molecule has 28 heavy (non-hydrogen) atoms. The largest absolute Gasteiger partial charge is 0.496 e. The zero-order chi connectivity index (χ0) is 19.5. The first-order valence-electron chi connectivity index (χ1n) is 9.45. The molecule has 0 amide bonds. The Labute approximate surface area is 164 Å². The van der Waals surface area contributed by atoms with Crippen LogP contribution in [-0.2, 0) is 16.0 Å². The molecule has 0 saturated carbocycles. The van der Waals surface area contributed by atoms with E-state index < -0.39 is 0 Å². The summed E-state index contributed by atoms with van der Waals surface area (Å²) in [6.07, 6.45) is 0.223. The molecule has 0 saturated heterocycles. The molecule has 140 valence electrons. The Kier molecular flexibility index (Phi) is 4.98. The summed E-state index contributed by atoms with van der Waals surface area (Å²) < 4.78 is 11.0. The van der Waals surface area contributed by atoms with Gasteiger partial charge < -0.3 is 9.47 Å². The average molecular weight is 370 g/mol. The third kappa shape index (κ3) is 3.20. The minimum absolute atomic E-state index is 0.223. The summed E-state index contributed by atoms with van der Waals surface area (Å²) in [5, 5.41) is 4.45. The van der Waals surface area contributed by atoms with Crippen LogP contribution < -0.4 is 4.74 Å². The highest BCUT2D eigenvalue weighted by atomic mass is 16.5. The predicted molar refractivity (Wildman–Crippen MR) is 114 cm³/mol. The van der Waals surface area contributed by atoms with E-state index in [9.17, 15) is 4.79 Å². The lowest BCUT2D eigenvalue weighted by molar-refractivity contribution is -0.142. The van der Waals surface area contributed by atoms with E-state index in [1.807, 2.05) is 43.3 Å². The fourth-order valence-corrected chi connectivity index (χ4v) is 3.81. The monoisotopic (exact) mass is 370 g/mol. The molecular formula is C25H22O3. The number of carbonyl (C=O) groups excluding carboxylic acids is 1. The molecular weight excluding hydrogens is 348 g/mol. The van der Waals surface area contributed by atoms with Crippen molar-refractivity contribution in [2.24, 2.45) is 0 Å². The molecule has 4 aromatic rings. The molecule has 0 atom stereocenters. The number of carbonyl (C=O) groups is 1. The number of hydrogen-bond acceptors (Lipinski definition) is 3. The van der Waals surface area contributed by atoms with Crippen molar-refractivity contribution in [3.05, 3.63) is 78.4 Å². The van der Waals surface area contributed by atoms with Crippen molar-refractivity contribution in [3.8, 4) is 16.9 Å². The Morgan fingerprint density at radius 2 is 1.39 bits per heavy atom. The molecule has 0 radical (unpaired) electrons. The molecule has 4 aromatic carbocycles. The standard InChI is InChI=1S/C25H22O3/c1-3-28-23(26)16-19-13-12-17-8-4-6-10-20(17)24(19)25-21-11-7-5-9-18(21)14-15-22(25)27-2/h4-15H,3,16H2,1-2H3. The van der Waals surface area contributed by atoms with Crippen molar-refractivity contribution in [1.82, 2.24) is 0 Å². The summed E-state index contributed by atoms with van der Waals surface area (Å²) in [7, 11) is 1.68. The van der Waals surface area contributed by atoms with E-state index in [1.54, 1.807) is 7.11 Å².